The maximum absolute atomic E-state index is 12.3. The highest BCUT2D eigenvalue weighted by Crippen LogP contribution is 2.70. The van der Waals surface area contributed by atoms with Gasteiger partial charge in [-0.15, -0.1) is 0 Å². The number of Topliss-reactive ketones (excluding diaryl/α,β-unsaturated/α-hetero) is 3. The van der Waals surface area contributed by atoms with E-state index < -0.39 is 0 Å². The van der Waals surface area contributed by atoms with Crippen LogP contribution in [0.2, 0.25) is 0 Å². The van der Waals surface area contributed by atoms with E-state index in [-0.39, 0.29) is 34.6 Å². The van der Waals surface area contributed by atoms with Crippen molar-refractivity contribution in [1.29, 1.82) is 15.8 Å². The summed E-state index contributed by atoms with van der Waals surface area (Å²) in [6.07, 6.45) is 71.1. The van der Waals surface area contributed by atoms with E-state index in [2.05, 4.69) is 86.6 Å². The minimum atomic E-state index is -0.0327. The molecule has 9 heteroatoms. The lowest BCUT2D eigenvalue weighted by molar-refractivity contribution is -0.133. The second kappa shape index (κ2) is 36.4. The van der Waals surface area contributed by atoms with Crippen LogP contribution in [-0.4, -0.2) is 51.0 Å². The van der Waals surface area contributed by atoms with Gasteiger partial charge in [0.1, 0.15) is 17.3 Å². The molecule has 0 bridgehead atoms. The SMILES string of the molecule is CC(=O)[C@H]1CC[C@H]2C[C@@H]3[C@H](CC[C@@H]4C[C@@H](O)CC[C@H]43)C[C@@]21C.C[C@H]1CC[C@@H]2[C@H](CC[C@@H]3C[C@@]4(C)[C@@H](CC[C@@H]4C#N)C[C@H]32)C1.C[C@H]1CC[C@@H]2[C@H](CC[C@@H]3C[C@]4(C)C(=O)CC[C@H]4C[C@H]32)C1.C[C@H]1CC[C@@H]2[C@H](CC[C@@H]3C[C@]4(C)C(C#N)=CC[C@H]4C[C@H]32)C1.C[C@]12C[C@H]3CC[C@@H]4C[C@@H](O)CC[C@H]4[C@@H]3C[C@@H]1CCC2=O.C[C@]12C[C@H]3CC[C@@H]4C[C@@H](O)CC[C@H]4[C@@H]3C[C@@H]1CC[C@@H]2C#N. The molecule has 0 aliphatic heterocycles. The summed E-state index contributed by atoms with van der Waals surface area (Å²) in [7, 11) is 0. The number of nitrogens with zero attached hydrogens (tertiary/aromatic N) is 3. The van der Waals surface area contributed by atoms with E-state index >= 15 is 0 Å². The van der Waals surface area contributed by atoms with Crippen molar-refractivity contribution < 1.29 is 29.7 Å². The van der Waals surface area contributed by atoms with Gasteiger partial charge in [0.05, 0.1) is 48.4 Å². The van der Waals surface area contributed by atoms with Gasteiger partial charge in [-0.3, -0.25) is 14.4 Å². The van der Waals surface area contributed by atoms with E-state index in [1.165, 1.54) is 270 Å². The van der Waals surface area contributed by atoms with Gasteiger partial charge < -0.3 is 15.3 Å². The van der Waals surface area contributed by atoms with Crippen molar-refractivity contribution >= 4 is 17.3 Å². The Labute approximate surface area is 761 Å². The van der Waals surface area contributed by atoms with E-state index in [0.29, 0.717) is 57.3 Å². The minimum absolute atomic E-state index is 0.0221. The number of hydrogen-bond acceptors (Lipinski definition) is 9. The first-order chi connectivity index (χ1) is 60.0. The fraction of sp³-hybridized carbons (Fsp3) is 0.931. The average molecular weight is 1710 g/mol. The minimum Gasteiger partial charge on any atom is -0.393 e. The number of nitriles is 3. The van der Waals surface area contributed by atoms with Crippen molar-refractivity contribution in [3.8, 4) is 18.2 Å². The topological polar surface area (TPSA) is 183 Å². The zero-order chi connectivity index (χ0) is 87.1. The van der Waals surface area contributed by atoms with Crippen molar-refractivity contribution in [2.45, 2.75) is 428 Å². The number of carbonyl (C=O) groups is 3. The molecule has 0 aromatic rings. The molecule has 0 aromatic carbocycles. The normalized spacial score (nSPS) is 54.7. The number of aliphatic hydroxyl groups excluding tert-OH is 3. The molecule has 9 nitrogen and oxygen atoms in total. The largest absolute Gasteiger partial charge is 0.393 e. The lowest BCUT2D eigenvalue weighted by atomic mass is 9.50. The van der Waals surface area contributed by atoms with Crippen LogP contribution in [0.3, 0.4) is 0 Å². The van der Waals surface area contributed by atoms with Crippen LogP contribution in [-0.2, 0) is 14.4 Å². The van der Waals surface area contributed by atoms with Crippen LogP contribution in [0.4, 0.5) is 0 Å². The summed E-state index contributed by atoms with van der Waals surface area (Å²) in [5.74, 6) is 32.3. The van der Waals surface area contributed by atoms with E-state index in [9.17, 15) is 45.5 Å². The lowest BCUT2D eigenvalue weighted by Gasteiger charge is -2.55. The Morgan fingerprint density at radius 3 is 0.936 bits per heavy atom. The van der Waals surface area contributed by atoms with Gasteiger partial charge in [0, 0.05) is 40.6 Å². The predicted octanol–water partition coefficient (Wildman–Crippen LogP) is 27.5. The fourth-order valence-electron chi connectivity index (χ4n) is 41.2. The van der Waals surface area contributed by atoms with Crippen LogP contribution in [0.15, 0.2) is 11.6 Å². The highest BCUT2D eigenvalue weighted by atomic mass is 16.3. The maximum atomic E-state index is 12.3. The van der Waals surface area contributed by atoms with Crippen molar-refractivity contribution in [3.05, 3.63) is 11.6 Å². The Kier molecular flexibility index (Phi) is 26.6. The van der Waals surface area contributed by atoms with Crippen molar-refractivity contribution in [3.63, 3.8) is 0 Å². The third kappa shape index (κ3) is 16.9. The standard InChI is InChI=1S/C20H31N.C20H29N.C20H32O2.C19H29NO.C19H30O.C18H28O2/c2*1-13-3-8-18-14(9-13)4-5-15-11-20(2)16(10-19(15)18)6-7-17(20)12-21;1-12(21)19-8-5-15-10-18-14(11-20(15,19)2)4-3-13-9-16(22)6-7-17(13)18;1-19-10-13-3-2-12-8-16(21)6-7-17(12)18(13)9-14(19)4-5-15(19)11-20;1-12-3-7-16-13(9-12)4-5-14-11-19(2)15(10-17(14)16)6-8-18(19)20;1-18-10-12-3-2-11-8-14(19)5-6-15(11)16(12)9-13(18)4-7-17(18)20/h13-19H,3-11H2,1-2H3;7,13-16,18-19H,3-6,8-11H2,1-2H3;13-19,22H,3-11H2,1-2H3;12-18,21H,2-10H2,1H3;12-17H,3-11H2,1-2H3;11-16,19H,2-10H2,1H3/t13-,14+,15+,16-,17+,18+,19+,20-;13-,14+,15+,16-,18+,19+,20-;13-,14-,15+,16+,17-,18-,19-,20+;12-,13-,14+,15-,16+,17-,18-,19+;12-,13+,14+,15-,16+,17+,19-;11-,12-,13+,14+,15-,16-,18+/m001101/s1. The number of ketones is 3. The molecule has 0 radical (unpaired) electrons. The number of allylic oxidation sites excluding steroid dienone is 2. The third-order valence-corrected chi connectivity index (χ3v) is 48.0. The fourth-order valence-corrected chi connectivity index (χ4v) is 41.2. The molecule has 23 saturated carbocycles. The molecule has 0 saturated heterocycles. The summed E-state index contributed by atoms with van der Waals surface area (Å²) in [4.78, 5) is 36.7. The van der Waals surface area contributed by atoms with Crippen molar-refractivity contribution in [2.24, 2.45) is 246 Å². The number of aliphatic hydroxyl groups is 3. The molecular weight excluding hydrogens is 1530 g/mol. The molecule has 45 atom stereocenters. The Hall–Kier alpha value is -2.90. The molecule has 23 fully saturated rings. The highest BCUT2D eigenvalue weighted by molar-refractivity contribution is 5.87. The van der Waals surface area contributed by atoms with Crippen molar-refractivity contribution in [2.75, 3.05) is 0 Å². The monoisotopic (exact) mass is 1710 g/mol. The van der Waals surface area contributed by atoms with Gasteiger partial charge in [0.2, 0.25) is 0 Å². The van der Waals surface area contributed by atoms with Gasteiger partial charge in [-0.2, -0.15) is 15.8 Å². The summed E-state index contributed by atoms with van der Waals surface area (Å²) in [6.45, 7) is 23.5. The lowest BCUT2D eigenvalue weighted by Crippen LogP contribution is -2.48. The van der Waals surface area contributed by atoms with Crippen LogP contribution >= 0.6 is 0 Å². The van der Waals surface area contributed by atoms with E-state index in [1.807, 2.05) is 6.92 Å². The zero-order valence-electron chi connectivity index (χ0n) is 81.0. The quantitative estimate of drug-likeness (QED) is 0.230. The van der Waals surface area contributed by atoms with Gasteiger partial charge in [0.15, 0.2) is 0 Å². The number of rotatable bonds is 1. The molecule has 0 amide bonds. The number of carbonyl (C=O) groups excluding carboxylic acids is 3. The first-order valence-electron chi connectivity index (χ1n) is 55.5. The van der Waals surface area contributed by atoms with Crippen LogP contribution in [0.25, 0.3) is 0 Å². The molecule has 24 aliphatic carbocycles. The van der Waals surface area contributed by atoms with Gasteiger partial charge in [0.25, 0.3) is 0 Å². The maximum Gasteiger partial charge on any atom is 0.139 e. The summed E-state index contributed by atoms with van der Waals surface area (Å²) < 4.78 is 0. The highest BCUT2D eigenvalue weighted by Gasteiger charge is 2.63. The zero-order valence-corrected chi connectivity index (χ0v) is 81.0. The van der Waals surface area contributed by atoms with E-state index in [1.54, 1.807) is 0 Å². The molecule has 24 aliphatic rings. The number of fused-ring (bicyclic) bond motifs is 24. The van der Waals surface area contributed by atoms with Gasteiger partial charge >= 0.3 is 0 Å². The van der Waals surface area contributed by atoms with Crippen LogP contribution in [0, 0.1) is 280 Å². The first-order valence-corrected chi connectivity index (χ1v) is 55.5. The molecule has 24 rings (SSSR count). The van der Waals surface area contributed by atoms with Gasteiger partial charge in [-0.1, -0.05) is 87.7 Å². The Morgan fingerprint density at radius 1 is 0.304 bits per heavy atom. The molecule has 125 heavy (non-hydrogen) atoms. The average Bonchev–Trinajstić information content (AvgIpc) is 0.956. The molecule has 694 valence electrons. The van der Waals surface area contributed by atoms with Crippen LogP contribution in [0.5, 0.6) is 0 Å². The van der Waals surface area contributed by atoms with Crippen LogP contribution < -0.4 is 0 Å². The molecule has 0 heterocycles. The molecular formula is C116H179N3O6. The molecule has 0 unspecified atom stereocenters. The Balaban J connectivity index is 0.0000000982. The smallest absolute Gasteiger partial charge is 0.139 e. The summed E-state index contributed by atoms with van der Waals surface area (Å²) >= 11 is 0. The van der Waals surface area contributed by atoms with Crippen molar-refractivity contribution in [1.82, 2.24) is 0 Å². The third-order valence-electron chi connectivity index (χ3n) is 48.0. The summed E-state index contributed by atoms with van der Waals surface area (Å²) in [5.41, 5.74) is 2.43. The van der Waals surface area contributed by atoms with E-state index in [4.69, 9.17) is 0 Å². The van der Waals surface area contributed by atoms with Gasteiger partial charge in [-0.05, 0) is 527 Å². The first kappa shape index (κ1) is 91.2. The molecule has 3 N–H and O–H groups in total. The predicted molar refractivity (Wildman–Crippen MR) is 500 cm³/mol. The van der Waals surface area contributed by atoms with Crippen LogP contribution in [0.1, 0.15) is 410 Å². The second-order valence-corrected chi connectivity index (χ2v) is 53.4. The summed E-state index contributed by atoms with van der Waals surface area (Å²) in [6, 6.07) is 7.81. The number of hydrogen-bond donors (Lipinski definition) is 3. The molecule has 0 aromatic heterocycles. The summed E-state index contributed by atoms with van der Waals surface area (Å²) in [5, 5.41) is 58.4. The Morgan fingerprint density at radius 2 is 0.592 bits per heavy atom. The Bertz CT molecular complexity index is 3800. The second-order valence-electron chi connectivity index (χ2n) is 53.4. The molecule has 0 spiro atoms. The van der Waals surface area contributed by atoms with Gasteiger partial charge in [-0.25, -0.2) is 0 Å². The van der Waals surface area contributed by atoms with E-state index in [0.717, 1.165) is 266 Å².